The van der Waals surface area contributed by atoms with E-state index in [9.17, 15) is 13.9 Å². The molecule has 3 heteroatoms. The molecule has 0 heterocycles. The molecule has 0 aliphatic carbocycles. The Morgan fingerprint density at radius 1 is 0.926 bits per heavy atom. The fourth-order valence-electron chi connectivity index (χ4n) is 3.01. The van der Waals surface area contributed by atoms with Crippen LogP contribution in [0.2, 0.25) is 0 Å². The fourth-order valence-corrected chi connectivity index (χ4v) is 3.01. The standard InChI is InChI=1S/C24H22F2O/c1-17(7-8-18-5-3-2-4-6-18)15-24(27)20-11-9-19(10-12-20)22-14-13-21(25)16-23(22)26/h2-14,16-17,24,27H,15H2,1H3/b8-7+/t17-,24+/m1/s1. The highest BCUT2D eigenvalue weighted by atomic mass is 19.1. The Hall–Kier alpha value is -2.78. The molecule has 0 saturated heterocycles. The minimum Gasteiger partial charge on any atom is -0.388 e. The normalized spacial score (nSPS) is 13.6. The van der Waals surface area contributed by atoms with Crippen LogP contribution in [0.3, 0.4) is 0 Å². The Bertz CT molecular complexity index is 901. The van der Waals surface area contributed by atoms with E-state index in [1.807, 2.05) is 30.3 Å². The molecule has 138 valence electrons. The van der Waals surface area contributed by atoms with Gasteiger partial charge in [0.1, 0.15) is 11.6 Å². The lowest BCUT2D eigenvalue weighted by atomic mass is 9.95. The van der Waals surface area contributed by atoms with Gasteiger partial charge in [-0.3, -0.25) is 0 Å². The molecule has 0 bridgehead atoms. The lowest BCUT2D eigenvalue weighted by Gasteiger charge is -2.15. The number of halogens is 2. The van der Waals surface area contributed by atoms with E-state index in [1.165, 1.54) is 12.1 Å². The second kappa shape index (κ2) is 8.74. The third-order valence-electron chi connectivity index (χ3n) is 4.55. The van der Waals surface area contributed by atoms with Crippen molar-refractivity contribution in [3.63, 3.8) is 0 Å². The summed E-state index contributed by atoms with van der Waals surface area (Å²) < 4.78 is 26.9. The summed E-state index contributed by atoms with van der Waals surface area (Å²) in [4.78, 5) is 0. The molecule has 0 radical (unpaired) electrons. The molecule has 2 atom stereocenters. The van der Waals surface area contributed by atoms with Crippen LogP contribution in [-0.4, -0.2) is 5.11 Å². The number of hydrogen-bond acceptors (Lipinski definition) is 1. The van der Waals surface area contributed by atoms with Crippen LogP contribution in [0.5, 0.6) is 0 Å². The van der Waals surface area contributed by atoms with E-state index in [0.717, 1.165) is 17.2 Å². The van der Waals surface area contributed by atoms with Crippen molar-refractivity contribution in [3.05, 3.63) is 102 Å². The highest BCUT2D eigenvalue weighted by molar-refractivity contribution is 5.64. The van der Waals surface area contributed by atoms with E-state index in [4.69, 9.17) is 0 Å². The largest absolute Gasteiger partial charge is 0.388 e. The summed E-state index contributed by atoms with van der Waals surface area (Å²) >= 11 is 0. The van der Waals surface area contributed by atoms with Crippen LogP contribution in [0.25, 0.3) is 17.2 Å². The first-order valence-corrected chi connectivity index (χ1v) is 8.99. The number of allylic oxidation sites excluding steroid dienone is 1. The van der Waals surface area contributed by atoms with E-state index in [2.05, 4.69) is 19.1 Å². The molecule has 0 saturated carbocycles. The first kappa shape index (κ1) is 19.0. The minimum absolute atomic E-state index is 0.203. The van der Waals surface area contributed by atoms with Gasteiger partial charge in [0, 0.05) is 11.6 Å². The predicted molar refractivity (Wildman–Crippen MR) is 106 cm³/mol. The molecule has 0 amide bonds. The van der Waals surface area contributed by atoms with Crippen LogP contribution in [0.4, 0.5) is 8.78 Å². The van der Waals surface area contributed by atoms with Crippen molar-refractivity contribution >= 4 is 6.08 Å². The smallest absolute Gasteiger partial charge is 0.133 e. The first-order valence-electron chi connectivity index (χ1n) is 8.99. The van der Waals surface area contributed by atoms with Crippen molar-refractivity contribution in [1.82, 2.24) is 0 Å². The van der Waals surface area contributed by atoms with Crippen molar-refractivity contribution < 1.29 is 13.9 Å². The van der Waals surface area contributed by atoms with Gasteiger partial charge in [-0.2, -0.15) is 0 Å². The number of aliphatic hydroxyl groups excluding tert-OH is 1. The maximum Gasteiger partial charge on any atom is 0.133 e. The monoisotopic (exact) mass is 364 g/mol. The van der Waals surface area contributed by atoms with Gasteiger partial charge in [0.25, 0.3) is 0 Å². The highest BCUT2D eigenvalue weighted by Crippen LogP contribution is 2.27. The molecule has 1 nitrogen and oxygen atoms in total. The first-order chi connectivity index (χ1) is 13.0. The molecule has 0 fully saturated rings. The fraction of sp³-hybridized carbons (Fsp3) is 0.167. The highest BCUT2D eigenvalue weighted by Gasteiger charge is 2.12. The molecule has 3 aromatic rings. The lowest BCUT2D eigenvalue weighted by molar-refractivity contribution is 0.156. The van der Waals surface area contributed by atoms with E-state index in [0.29, 0.717) is 17.5 Å². The van der Waals surface area contributed by atoms with Gasteiger partial charge in [-0.25, -0.2) is 8.78 Å². The van der Waals surface area contributed by atoms with Crippen molar-refractivity contribution in [2.24, 2.45) is 5.92 Å². The molecule has 0 aliphatic heterocycles. The van der Waals surface area contributed by atoms with Crippen molar-refractivity contribution in [2.75, 3.05) is 0 Å². The van der Waals surface area contributed by atoms with Gasteiger partial charge in [-0.1, -0.05) is 73.7 Å². The third kappa shape index (κ3) is 5.11. The Balaban J connectivity index is 1.65. The molecule has 0 unspecified atom stereocenters. The van der Waals surface area contributed by atoms with Crippen molar-refractivity contribution in [1.29, 1.82) is 0 Å². The van der Waals surface area contributed by atoms with Crippen LogP contribution in [-0.2, 0) is 0 Å². The predicted octanol–water partition coefficient (Wildman–Crippen LogP) is 6.40. The van der Waals surface area contributed by atoms with E-state index in [-0.39, 0.29) is 5.92 Å². The average Bonchev–Trinajstić information content (AvgIpc) is 2.67. The van der Waals surface area contributed by atoms with Crippen LogP contribution >= 0.6 is 0 Å². The summed E-state index contributed by atoms with van der Waals surface area (Å²) in [6.07, 6.45) is 4.12. The zero-order valence-electron chi connectivity index (χ0n) is 15.1. The zero-order chi connectivity index (χ0) is 19.2. The zero-order valence-corrected chi connectivity index (χ0v) is 15.1. The van der Waals surface area contributed by atoms with E-state index in [1.54, 1.807) is 24.3 Å². The Labute approximate surface area is 158 Å². The lowest BCUT2D eigenvalue weighted by Crippen LogP contribution is -2.02. The molecule has 0 aromatic heterocycles. The van der Waals surface area contributed by atoms with Crippen molar-refractivity contribution in [2.45, 2.75) is 19.4 Å². The molecule has 0 aliphatic rings. The molecule has 0 spiro atoms. The number of rotatable bonds is 6. The second-order valence-electron chi connectivity index (χ2n) is 6.74. The summed E-state index contributed by atoms with van der Waals surface area (Å²) in [6.45, 7) is 2.06. The van der Waals surface area contributed by atoms with Gasteiger partial charge in [0.2, 0.25) is 0 Å². The summed E-state index contributed by atoms with van der Waals surface area (Å²) in [5.74, 6) is -0.988. The summed E-state index contributed by atoms with van der Waals surface area (Å²) in [6, 6.07) is 20.6. The van der Waals surface area contributed by atoms with Gasteiger partial charge in [0.15, 0.2) is 0 Å². The van der Waals surface area contributed by atoms with E-state index >= 15 is 0 Å². The molecule has 1 N–H and O–H groups in total. The van der Waals surface area contributed by atoms with Gasteiger partial charge >= 0.3 is 0 Å². The topological polar surface area (TPSA) is 20.2 Å². The van der Waals surface area contributed by atoms with Crippen LogP contribution in [0.15, 0.2) is 78.9 Å². The minimum atomic E-state index is -0.604. The van der Waals surface area contributed by atoms with E-state index < -0.39 is 17.7 Å². The maximum atomic E-state index is 13.9. The number of aliphatic hydroxyl groups is 1. The SMILES string of the molecule is C[C@H](/C=C/c1ccccc1)C[C@H](O)c1ccc(-c2ccc(F)cc2F)cc1. The Kier molecular flexibility index (Phi) is 6.15. The van der Waals surface area contributed by atoms with Crippen LogP contribution < -0.4 is 0 Å². The third-order valence-corrected chi connectivity index (χ3v) is 4.55. The van der Waals surface area contributed by atoms with Gasteiger partial charge < -0.3 is 5.11 Å². The number of benzene rings is 3. The molecule has 27 heavy (non-hydrogen) atoms. The van der Waals surface area contributed by atoms with Crippen LogP contribution in [0, 0.1) is 17.6 Å². The number of hydrogen-bond donors (Lipinski definition) is 1. The quantitative estimate of drug-likeness (QED) is 0.536. The van der Waals surface area contributed by atoms with Crippen LogP contribution in [0.1, 0.15) is 30.6 Å². The van der Waals surface area contributed by atoms with Gasteiger partial charge in [-0.05, 0) is 41.2 Å². The summed E-state index contributed by atoms with van der Waals surface area (Å²) in [5.41, 5.74) is 2.91. The molecule has 3 rings (SSSR count). The summed E-state index contributed by atoms with van der Waals surface area (Å²) in [5, 5.41) is 10.5. The molecular formula is C24H22F2O. The maximum absolute atomic E-state index is 13.9. The average molecular weight is 364 g/mol. The molecule has 3 aromatic carbocycles. The van der Waals surface area contributed by atoms with Gasteiger partial charge in [0.05, 0.1) is 6.10 Å². The van der Waals surface area contributed by atoms with Crippen molar-refractivity contribution in [3.8, 4) is 11.1 Å². The summed E-state index contributed by atoms with van der Waals surface area (Å²) in [7, 11) is 0. The molecular weight excluding hydrogens is 342 g/mol. The second-order valence-corrected chi connectivity index (χ2v) is 6.74. The van der Waals surface area contributed by atoms with Gasteiger partial charge in [-0.15, -0.1) is 0 Å². The Morgan fingerprint density at radius 2 is 1.63 bits per heavy atom. The Morgan fingerprint density at radius 3 is 2.30 bits per heavy atom.